The molecule has 1 aliphatic heterocycles. The monoisotopic (exact) mass is 608 g/mol. The number of hydrogen-bond acceptors (Lipinski definition) is 10. The Morgan fingerprint density at radius 1 is 1.30 bits per heavy atom. The van der Waals surface area contributed by atoms with Crippen LogP contribution in [0.4, 0.5) is 5.82 Å². The molecule has 0 unspecified atom stereocenters. The van der Waals surface area contributed by atoms with E-state index in [9.17, 15) is 18.3 Å². The molecular formula is C24H25BrN4O6S2. The predicted molar refractivity (Wildman–Crippen MR) is 141 cm³/mol. The van der Waals surface area contributed by atoms with Crippen molar-refractivity contribution in [2.75, 3.05) is 19.0 Å². The molecule has 10 nitrogen and oxygen atoms in total. The van der Waals surface area contributed by atoms with Gasteiger partial charge in [0.1, 0.15) is 24.4 Å². The van der Waals surface area contributed by atoms with Crippen LogP contribution >= 0.6 is 27.3 Å². The molecule has 13 heteroatoms. The zero-order valence-corrected chi connectivity index (χ0v) is 23.0. The van der Waals surface area contributed by atoms with Crippen LogP contribution in [0.25, 0.3) is 0 Å². The van der Waals surface area contributed by atoms with E-state index in [1.165, 1.54) is 36.5 Å². The van der Waals surface area contributed by atoms with Crippen LogP contribution in [0.5, 0.6) is 0 Å². The first kappa shape index (κ1) is 26.4. The second kappa shape index (κ2) is 10.8. The Balaban J connectivity index is 1.33. The topological polar surface area (TPSA) is 140 Å². The molecule has 2 aliphatic rings. The number of nitrogens with one attached hydrogen (secondary N) is 2. The lowest BCUT2D eigenvalue weighted by Gasteiger charge is -2.25. The van der Waals surface area contributed by atoms with E-state index in [-0.39, 0.29) is 36.3 Å². The van der Waals surface area contributed by atoms with Crippen molar-refractivity contribution in [3.05, 3.63) is 73.8 Å². The van der Waals surface area contributed by atoms with Gasteiger partial charge in [0.25, 0.3) is 0 Å². The molecule has 1 saturated carbocycles. The lowest BCUT2D eigenvalue weighted by atomic mass is 9.94. The number of benzene rings is 1. The highest BCUT2D eigenvalue weighted by Crippen LogP contribution is 2.37. The third-order valence-corrected chi connectivity index (χ3v) is 8.90. The number of rotatable bonds is 8. The van der Waals surface area contributed by atoms with Gasteiger partial charge in [0.05, 0.1) is 23.2 Å². The van der Waals surface area contributed by atoms with Crippen LogP contribution < -0.4 is 10.0 Å². The fraction of sp³-hybridized carbons (Fsp3) is 0.375. The van der Waals surface area contributed by atoms with Crippen LogP contribution in [0.1, 0.15) is 50.9 Å². The maximum absolute atomic E-state index is 13.5. The molecule has 2 aromatic heterocycles. The summed E-state index contributed by atoms with van der Waals surface area (Å²) in [4.78, 5) is 22.3. The number of nitrogens with zero attached hydrogens (tertiary/aromatic N) is 2. The summed E-state index contributed by atoms with van der Waals surface area (Å²) in [5, 5.41) is 15.4. The molecule has 0 radical (unpaired) electrons. The summed E-state index contributed by atoms with van der Waals surface area (Å²) in [6.07, 6.45) is 1.92. The number of aliphatic hydroxyl groups excluding tert-OH is 1. The molecule has 0 bridgehead atoms. The minimum atomic E-state index is -3.95. The van der Waals surface area contributed by atoms with Crippen molar-refractivity contribution in [2.24, 2.45) is 0 Å². The standard InChI is InChI=1S/C24H25BrN4O6S2/c1-26-37(32,33)35-20-9-16(8-19(20)30)29-24-18(10-27-12-28-24)22(31)21-6-14(11-36-21)23-17-7-15(25)3-2-13(17)4-5-34-23/h2-3,6-7,10-12,16,19-20,23,26,30H,4-5,8-9H2,1H3,(H,27,28,29)/t16-,19+,20-,23+/m1/s1. The predicted octanol–water partition coefficient (Wildman–Crippen LogP) is 2.98. The van der Waals surface area contributed by atoms with Gasteiger partial charge in [-0.25, -0.2) is 9.97 Å². The summed E-state index contributed by atoms with van der Waals surface area (Å²) in [6, 6.07) is 7.66. The number of halogens is 1. The number of fused-ring (bicyclic) bond motifs is 1. The Morgan fingerprint density at radius 2 is 2.14 bits per heavy atom. The second-order valence-electron chi connectivity index (χ2n) is 8.88. The third kappa shape index (κ3) is 5.77. The quantitative estimate of drug-likeness (QED) is 0.329. The van der Waals surface area contributed by atoms with E-state index >= 15 is 0 Å². The molecule has 3 heterocycles. The van der Waals surface area contributed by atoms with Gasteiger partial charge < -0.3 is 15.2 Å². The molecule has 3 N–H and O–H groups in total. The van der Waals surface area contributed by atoms with Gasteiger partial charge >= 0.3 is 10.3 Å². The van der Waals surface area contributed by atoms with E-state index in [4.69, 9.17) is 8.92 Å². The Hall–Kier alpha value is -2.26. The Labute approximate surface area is 226 Å². The largest absolute Gasteiger partial charge is 0.390 e. The highest BCUT2D eigenvalue weighted by atomic mass is 79.9. The summed E-state index contributed by atoms with van der Waals surface area (Å²) in [5.74, 6) is 0.0706. The molecule has 0 saturated heterocycles. The summed E-state index contributed by atoms with van der Waals surface area (Å²) in [6.45, 7) is 0.604. The molecule has 1 aromatic carbocycles. The molecule has 1 aliphatic carbocycles. The van der Waals surface area contributed by atoms with Gasteiger partial charge in [-0.05, 0) is 59.5 Å². The fourth-order valence-electron chi connectivity index (χ4n) is 4.64. The average molecular weight is 610 g/mol. The van der Waals surface area contributed by atoms with Gasteiger partial charge in [0, 0.05) is 23.8 Å². The van der Waals surface area contributed by atoms with Crippen molar-refractivity contribution >= 4 is 49.2 Å². The number of carbonyl (C=O) groups excluding carboxylic acids is 1. The van der Waals surface area contributed by atoms with Crippen LogP contribution in [-0.2, 0) is 25.6 Å². The zero-order chi connectivity index (χ0) is 26.2. The summed E-state index contributed by atoms with van der Waals surface area (Å²) >= 11 is 4.86. The number of ketones is 1. The van der Waals surface area contributed by atoms with E-state index in [0.29, 0.717) is 17.3 Å². The van der Waals surface area contributed by atoms with Gasteiger partial charge in [-0.1, -0.05) is 22.0 Å². The Bertz CT molecular complexity index is 1420. The number of aromatic nitrogens is 2. The van der Waals surface area contributed by atoms with Gasteiger partial charge in [0.15, 0.2) is 0 Å². The molecule has 0 amide bonds. The van der Waals surface area contributed by atoms with Crippen LogP contribution in [0.2, 0.25) is 0 Å². The molecule has 37 heavy (non-hydrogen) atoms. The number of thiophene rings is 1. The fourth-order valence-corrected chi connectivity index (χ4v) is 6.53. The Morgan fingerprint density at radius 3 is 2.95 bits per heavy atom. The van der Waals surface area contributed by atoms with Crippen LogP contribution in [0, 0.1) is 0 Å². The van der Waals surface area contributed by atoms with Crippen molar-refractivity contribution in [1.29, 1.82) is 0 Å². The minimum absolute atomic E-state index is 0.219. The SMILES string of the molecule is CNS(=O)(=O)O[C@@H]1C[C@H](Nc2ncncc2C(=O)c2cc([C@@H]3OCCc4ccc(Br)cc43)cs2)C[C@@H]1O. The lowest BCUT2D eigenvalue weighted by molar-refractivity contribution is 0.0636. The highest BCUT2D eigenvalue weighted by Gasteiger charge is 2.37. The van der Waals surface area contributed by atoms with E-state index in [1.54, 1.807) is 0 Å². The summed E-state index contributed by atoms with van der Waals surface area (Å²) in [5.41, 5.74) is 3.50. The van der Waals surface area contributed by atoms with Gasteiger partial charge in [-0.15, -0.1) is 11.3 Å². The van der Waals surface area contributed by atoms with E-state index in [0.717, 1.165) is 22.0 Å². The van der Waals surface area contributed by atoms with Crippen molar-refractivity contribution < 1.29 is 27.2 Å². The van der Waals surface area contributed by atoms with E-state index in [2.05, 4.69) is 48.1 Å². The molecule has 4 atom stereocenters. The van der Waals surface area contributed by atoms with Crippen molar-refractivity contribution in [3.63, 3.8) is 0 Å². The van der Waals surface area contributed by atoms with Gasteiger partial charge in [0.2, 0.25) is 5.78 Å². The first-order chi connectivity index (χ1) is 17.7. The van der Waals surface area contributed by atoms with Gasteiger partial charge in [-0.2, -0.15) is 13.1 Å². The Kier molecular flexibility index (Phi) is 7.73. The van der Waals surface area contributed by atoms with E-state index < -0.39 is 22.5 Å². The summed E-state index contributed by atoms with van der Waals surface area (Å²) in [7, 11) is -2.71. The zero-order valence-electron chi connectivity index (χ0n) is 19.8. The molecular weight excluding hydrogens is 584 g/mol. The molecule has 3 aromatic rings. The van der Waals surface area contributed by atoms with Crippen LogP contribution in [0.15, 0.2) is 46.6 Å². The van der Waals surface area contributed by atoms with Crippen molar-refractivity contribution in [2.45, 2.75) is 43.6 Å². The number of hydrogen-bond donors (Lipinski definition) is 3. The summed E-state index contributed by atoms with van der Waals surface area (Å²) < 4.78 is 37.6. The van der Waals surface area contributed by atoms with E-state index in [1.807, 2.05) is 17.5 Å². The van der Waals surface area contributed by atoms with Crippen LogP contribution in [-0.4, -0.2) is 61.2 Å². The number of anilines is 1. The normalized spacial score (nSPS) is 23.5. The maximum Gasteiger partial charge on any atom is 0.335 e. The smallest absolute Gasteiger partial charge is 0.335 e. The van der Waals surface area contributed by atoms with Crippen LogP contribution in [0.3, 0.4) is 0 Å². The molecule has 0 spiro atoms. The number of aliphatic hydroxyl groups is 1. The van der Waals surface area contributed by atoms with Crippen molar-refractivity contribution in [3.8, 4) is 0 Å². The molecule has 5 rings (SSSR count). The van der Waals surface area contributed by atoms with Gasteiger partial charge in [-0.3, -0.25) is 8.98 Å². The average Bonchev–Trinajstić information content (AvgIpc) is 3.50. The molecule has 196 valence electrons. The first-order valence-electron chi connectivity index (χ1n) is 11.6. The number of ether oxygens (including phenoxy) is 1. The second-order valence-corrected chi connectivity index (χ2v) is 12.2. The number of carbonyl (C=O) groups is 1. The lowest BCUT2D eigenvalue weighted by Crippen LogP contribution is -2.31. The van der Waals surface area contributed by atoms with Crippen molar-refractivity contribution in [1.82, 2.24) is 14.7 Å². The first-order valence-corrected chi connectivity index (χ1v) is 14.7. The minimum Gasteiger partial charge on any atom is -0.390 e. The molecule has 1 fully saturated rings. The highest BCUT2D eigenvalue weighted by molar-refractivity contribution is 9.10. The third-order valence-electron chi connectivity index (χ3n) is 6.46. The maximum atomic E-state index is 13.5.